The summed E-state index contributed by atoms with van der Waals surface area (Å²) in [5.74, 6) is 1.04. The first-order chi connectivity index (χ1) is 14.7. The fourth-order valence-corrected chi connectivity index (χ4v) is 5.34. The summed E-state index contributed by atoms with van der Waals surface area (Å²) in [5, 5.41) is 14.1. The molecule has 2 heterocycles. The molecule has 1 aromatic heterocycles. The van der Waals surface area contributed by atoms with Crippen molar-refractivity contribution in [2.24, 2.45) is 18.9 Å². The molecule has 1 N–H and O–H groups in total. The molecular formula is C22H33N3O5S. The lowest BCUT2D eigenvalue weighted by molar-refractivity contribution is 0.0494. The number of aliphatic hydroxyl groups excluding tert-OH is 1. The van der Waals surface area contributed by atoms with Crippen LogP contribution in [0, 0.1) is 18.8 Å². The van der Waals surface area contributed by atoms with Crippen LogP contribution in [0.4, 0.5) is 5.69 Å². The fraction of sp³-hybridized carbons (Fsp3) is 0.591. The van der Waals surface area contributed by atoms with E-state index in [1.807, 2.05) is 20.8 Å². The molecule has 0 saturated carbocycles. The lowest BCUT2D eigenvalue weighted by Gasteiger charge is -2.26. The molecule has 0 unspecified atom stereocenters. The molecule has 0 atom stereocenters. The van der Waals surface area contributed by atoms with Gasteiger partial charge in [-0.25, -0.2) is 8.42 Å². The Bertz CT molecular complexity index is 981. The highest BCUT2D eigenvalue weighted by Gasteiger charge is 2.29. The zero-order chi connectivity index (χ0) is 22.6. The smallest absolute Gasteiger partial charge is 0.264 e. The second kappa shape index (κ2) is 10.0. The third-order valence-electron chi connectivity index (χ3n) is 5.61. The Morgan fingerprint density at radius 3 is 2.61 bits per heavy atom. The van der Waals surface area contributed by atoms with Crippen molar-refractivity contribution in [3.8, 4) is 5.75 Å². The normalized spacial score (nSPS) is 15.4. The molecule has 0 aliphatic carbocycles. The number of anilines is 1. The summed E-state index contributed by atoms with van der Waals surface area (Å²) in [7, 11) is -2.06. The maximum Gasteiger partial charge on any atom is 0.264 e. The van der Waals surface area contributed by atoms with E-state index in [-0.39, 0.29) is 17.4 Å². The third-order valence-corrected chi connectivity index (χ3v) is 7.39. The van der Waals surface area contributed by atoms with Crippen LogP contribution < -0.4 is 9.04 Å². The van der Waals surface area contributed by atoms with Crippen LogP contribution in [0.5, 0.6) is 5.75 Å². The van der Waals surface area contributed by atoms with Crippen LogP contribution in [0.15, 0.2) is 29.3 Å². The summed E-state index contributed by atoms with van der Waals surface area (Å²) in [6.45, 7) is 7.80. The number of benzene rings is 1. The Labute approximate surface area is 184 Å². The van der Waals surface area contributed by atoms with Crippen molar-refractivity contribution in [1.82, 2.24) is 9.78 Å². The van der Waals surface area contributed by atoms with E-state index >= 15 is 0 Å². The predicted molar refractivity (Wildman–Crippen MR) is 119 cm³/mol. The standard InChI is InChI=1S/C22H33N3O5S/c1-16(2)13-25(21-12-23-24(4)17(21)3)31(27,28)20-5-6-22(19(11-20)14-26)30-15-18-7-9-29-10-8-18/h5-6,11-12,16,18,26H,7-10,13-15H2,1-4H3. The van der Waals surface area contributed by atoms with Crippen LogP contribution in [0.1, 0.15) is 37.9 Å². The van der Waals surface area contributed by atoms with Gasteiger partial charge < -0.3 is 14.6 Å². The molecule has 1 fully saturated rings. The van der Waals surface area contributed by atoms with E-state index < -0.39 is 10.0 Å². The van der Waals surface area contributed by atoms with Crippen LogP contribution in [0.2, 0.25) is 0 Å². The average molecular weight is 452 g/mol. The highest BCUT2D eigenvalue weighted by atomic mass is 32.2. The van der Waals surface area contributed by atoms with E-state index in [0.29, 0.717) is 36.1 Å². The van der Waals surface area contributed by atoms with Crippen molar-refractivity contribution in [3.05, 3.63) is 35.7 Å². The number of hydrogen-bond donors (Lipinski definition) is 1. The summed E-state index contributed by atoms with van der Waals surface area (Å²) in [6.07, 6.45) is 3.46. The Morgan fingerprint density at radius 1 is 1.32 bits per heavy atom. The number of sulfonamides is 1. The zero-order valence-electron chi connectivity index (χ0n) is 18.7. The molecule has 0 spiro atoms. The first-order valence-corrected chi connectivity index (χ1v) is 12.1. The molecule has 1 saturated heterocycles. The largest absolute Gasteiger partial charge is 0.493 e. The van der Waals surface area contributed by atoms with Crippen molar-refractivity contribution in [1.29, 1.82) is 0 Å². The van der Waals surface area contributed by atoms with E-state index in [2.05, 4.69) is 5.10 Å². The Kier molecular flexibility index (Phi) is 7.61. The second-order valence-electron chi connectivity index (χ2n) is 8.46. The fourth-order valence-electron chi connectivity index (χ4n) is 3.62. The van der Waals surface area contributed by atoms with Gasteiger partial charge in [0.05, 0.1) is 35.7 Å². The van der Waals surface area contributed by atoms with Crippen molar-refractivity contribution in [2.75, 3.05) is 30.7 Å². The molecule has 0 amide bonds. The van der Waals surface area contributed by atoms with Gasteiger partial charge >= 0.3 is 0 Å². The summed E-state index contributed by atoms with van der Waals surface area (Å²) in [5.41, 5.74) is 1.78. The minimum absolute atomic E-state index is 0.119. The Morgan fingerprint density at radius 2 is 2.03 bits per heavy atom. The number of ether oxygens (including phenoxy) is 2. The first kappa shape index (κ1) is 23.6. The van der Waals surface area contributed by atoms with Crippen molar-refractivity contribution >= 4 is 15.7 Å². The summed E-state index contributed by atoms with van der Waals surface area (Å²) >= 11 is 0. The van der Waals surface area contributed by atoms with E-state index in [9.17, 15) is 13.5 Å². The van der Waals surface area contributed by atoms with Gasteiger partial charge in [-0.05, 0) is 49.8 Å². The average Bonchev–Trinajstić information content (AvgIpc) is 3.09. The third kappa shape index (κ3) is 5.39. The highest BCUT2D eigenvalue weighted by molar-refractivity contribution is 7.92. The maximum atomic E-state index is 13.6. The number of aliphatic hydroxyl groups is 1. The van der Waals surface area contributed by atoms with Gasteiger partial charge in [0, 0.05) is 32.4 Å². The molecule has 9 heteroatoms. The number of aromatic nitrogens is 2. The maximum absolute atomic E-state index is 13.6. The summed E-state index contributed by atoms with van der Waals surface area (Å²) in [4.78, 5) is 0.124. The zero-order valence-corrected chi connectivity index (χ0v) is 19.6. The minimum Gasteiger partial charge on any atom is -0.493 e. The van der Waals surface area contributed by atoms with Crippen molar-refractivity contribution < 1.29 is 23.0 Å². The Balaban J connectivity index is 1.88. The van der Waals surface area contributed by atoms with Crippen molar-refractivity contribution in [3.63, 3.8) is 0 Å². The molecular weight excluding hydrogens is 418 g/mol. The Hall–Kier alpha value is -2.10. The number of aryl methyl sites for hydroxylation is 1. The quantitative estimate of drug-likeness (QED) is 0.630. The van der Waals surface area contributed by atoms with Gasteiger partial charge in [-0.1, -0.05) is 13.8 Å². The predicted octanol–water partition coefficient (Wildman–Crippen LogP) is 2.88. The van der Waals surface area contributed by atoms with Crippen LogP contribution in [0.25, 0.3) is 0 Å². The lowest BCUT2D eigenvalue weighted by atomic mass is 10.0. The van der Waals surface area contributed by atoms with Gasteiger partial charge in [0.2, 0.25) is 0 Å². The van der Waals surface area contributed by atoms with Crippen LogP contribution in [0.3, 0.4) is 0 Å². The monoisotopic (exact) mass is 451 g/mol. The molecule has 31 heavy (non-hydrogen) atoms. The molecule has 2 aromatic rings. The van der Waals surface area contributed by atoms with Gasteiger partial charge in [-0.2, -0.15) is 5.10 Å². The molecule has 172 valence electrons. The molecule has 8 nitrogen and oxygen atoms in total. The molecule has 3 rings (SSSR count). The summed E-state index contributed by atoms with van der Waals surface area (Å²) in [6, 6.07) is 4.70. The van der Waals surface area contributed by atoms with Crippen LogP contribution in [-0.4, -0.2) is 49.7 Å². The van der Waals surface area contributed by atoms with E-state index in [1.165, 1.54) is 10.4 Å². The summed E-state index contributed by atoms with van der Waals surface area (Å²) < 4.78 is 41.5. The topological polar surface area (TPSA) is 93.9 Å². The first-order valence-electron chi connectivity index (χ1n) is 10.7. The SMILES string of the molecule is Cc1c(N(CC(C)C)S(=O)(=O)c2ccc(OCC3CCOCC3)c(CO)c2)cnn1C. The molecule has 1 aromatic carbocycles. The highest BCUT2D eigenvalue weighted by Crippen LogP contribution is 2.30. The second-order valence-corrected chi connectivity index (χ2v) is 10.3. The number of nitrogens with zero attached hydrogens (tertiary/aromatic N) is 3. The lowest BCUT2D eigenvalue weighted by Crippen LogP contribution is -2.34. The van der Waals surface area contributed by atoms with Crippen molar-refractivity contribution in [2.45, 2.75) is 45.1 Å². The van der Waals surface area contributed by atoms with E-state index in [0.717, 1.165) is 31.7 Å². The van der Waals surface area contributed by atoms with Gasteiger partial charge in [0.1, 0.15) is 5.75 Å². The van der Waals surface area contributed by atoms with Crippen LogP contribution >= 0.6 is 0 Å². The van der Waals surface area contributed by atoms with Gasteiger partial charge in [-0.3, -0.25) is 8.99 Å². The molecule has 0 bridgehead atoms. The van der Waals surface area contributed by atoms with Gasteiger partial charge in [0.15, 0.2) is 0 Å². The van der Waals surface area contributed by atoms with Crippen LogP contribution in [-0.2, 0) is 28.4 Å². The number of rotatable bonds is 9. The van der Waals surface area contributed by atoms with Gasteiger partial charge in [-0.15, -0.1) is 0 Å². The number of hydrogen-bond acceptors (Lipinski definition) is 6. The van der Waals surface area contributed by atoms with E-state index in [1.54, 1.807) is 30.1 Å². The van der Waals surface area contributed by atoms with Gasteiger partial charge in [0.25, 0.3) is 10.0 Å². The molecule has 1 aliphatic heterocycles. The molecule has 1 aliphatic rings. The van der Waals surface area contributed by atoms with E-state index in [4.69, 9.17) is 9.47 Å². The molecule has 0 radical (unpaired) electrons. The minimum atomic E-state index is -3.85.